The number of hydrogen-bond donors (Lipinski definition) is 1. The van der Waals surface area contributed by atoms with Crippen LogP contribution in [-0.4, -0.2) is 11.9 Å². The highest BCUT2D eigenvalue weighted by Gasteiger charge is 2.31. The van der Waals surface area contributed by atoms with E-state index < -0.39 is 0 Å². The second-order valence-electron chi connectivity index (χ2n) is 3.94. The third-order valence-electron chi connectivity index (χ3n) is 2.98. The molecule has 15 heavy (non-hydrogen) atoms. The van der Waals surface area contributed by atoms with Crippen LogP contribution >= 0.6 is 11.6 Å². The van der Waals surface area contributed by atoms with Crippen molar-refractivity contribution in [2.24, 2.45) is 0 Å². The molecular formula is C12H14ClNO. The van der Waals surface area contributed by atoms with Gasteiger partial charge in [0.2, 0.25) is 5.91 Å². The zero-order chi connectivity index (χ0) is 10.8. The average Bonchev–Trinajstić information content (AvgIpc) is 2.61. The first-order valence-corrected chi connectivity index (χ1v) is 5.63. The van der Waals surface area contributed by atoms with Gasteiger partial charge in [0.15, 0.2) is 0 Å². The van der Waals surface area contributed by atoms with E-state index in [-0.39, 0.29) is 11.9 Å². The highest BCUT2D eigenvalue weighted by Crippen LogP contribution is 2.30. The number of nitrogens with one attached hydrogen (secondary N) is 1. The van der Waals surface area contributed by atoms with Crippen LogP contribution in [0.2, 0.25) is 5.02 Å². The highest BCUT2D eigenvalue weighted by molar-refractivity contribution is 6.30. The molecule has 1 saturated heterocycles. The Morgan fingerprint density at radius 1 is 1.40 bits per heavy atom. The van der Waals surface area contributed by atoms with Gasteiger partial charge in [0.1, 0.15) is 0 Å². The maximum absolute atomic E-state index is 11.3. The van der Waals surface area contributed by atoms with E-state index in [1.165, 1.54) is 5.56 Å². The van der Waals surface area contributed by atoms with Gasteiger partial charge in [0.25, 0.3) is 0 Å². The van der Waals surface area contributed by atoms with Crippen molar-refractivity contribution in [3.63, 3.8) is 0 Å². The van der Waals surface area contributed by atoms with E-state index in [0.29, 0.717) is 12.3 Å². The molecule has 1 N–H and O–H groups in total. The first-order valence-electron chi connectivity index (χ1n) is 5.25. The van der Waals surface area contributed by atoms with Gasteiger partial charge in [-0.05, 0) is 24.1 Å². The van der Waals surface area contributed by atoms with Crippen molar-refractivity contribution in [3.8, 4) is 0 Å². The van der Waals surface area contributed by atoms with E-state index >= 15 is 0 Å². The molecule has 3 heteroatoms. The van der Waals surface area contributed by atoms with Crippen LogP contribution in [0, 0.1) is 0 Å². The van der Waals surface area contributed by atoms with E-state index in [1.54, 1.807) is 0 Å². The molecule has 0 saturated carbocycles. The molecule has 0 radical (unpaired) electrons. The minimum Gasteiger partial charge on any atom is -0.353 e. The summed E-state index contributed by atoms with van der Waals surface area (Å²) in [5.41, 5.74) is 1.20. The Hall–Kier alpha value is -1.02. The van der Waals surface area contributed by atoms with Gasteiger partial charge in [-0.2, -0.15) is 0 Å². The Bertz CT molecular complexity index is 360. The van der Waals surface area contributed by atoms with Crippen molar-refractivity contribution in [3.05, 3.63) is 34.9 Å². The normalized spacial score (nSPS) is 25.3. The van der Waals surface area contributed by atoms with Gasteiger partial charge in [0.05, 0.1) is 0 Å². The maximum atomic E-state index is 11.3. The van der Waals surface area contributed by atoms with Crippen LogP contribution in [0.3, 0.4) is 0 Å². The minimum atomic E-state index is 0.154. The molecule has 0 bridgehead atoms. The molecule has 1 aromatic carbocycles. The van der Waals surface area contributed by atoms with E-state index in [4.69, 9.17) is 11.6 Å². The van der Waals surface area contributed by atoms with E-state index in [1.807, 2.05) is 24.3 Å². The molecule has 2 rings (SSSR count). The monoisotopic (exact) mass is 223 g/mol. The summed E-state index contributed by atoms with van der Waals surface area (Å²) < 4.78 is 0. The fourth-order valence-corrected chi connectivity index (χ4v) is 2.28. The van der Waals surface area contributed by atoms with Crippen molar-refractivity contribution in [1.29, 1.82) is 0 Å². The Balaban J connectivity index is 2.22. The van der Waals surface area contributed by atoms with E-state index in [0.717, 1.165) is 11.4 Å². The van der Waals surface area contributed by atoms with Crippen LogP contribution in [0.25, 0.3) is 0 Å². The number of carbonyl (C=O) groups excluding carboxylic acids is 1. The summed E-state index contributed by atoms with van der Waals surface area (Å²) in [5, 5.41) is 3.73. The zero-order valence-corrected chi connectivity index (χ0v) is 9.42. The molecule has 1 aromatic rings. The van der Waals surface area contributed by atoms with Crippen molar-refractivity contribution in [2.75, 3.05) is 0 Å². The van der Waals surface area contributed by atoms with E-state index in [2.05, 4.69) is 12.2 Å². The van der Waals surface area contributed by atoms with Gasteiger partial charge in [-0.3, -0.25) is 4.79 Å². The molecule has 0 aliphatic carbocycles. The van der Waals surface area contributed by atoms with Crippen LogP contribution in [-0.2, 0) is 4.79 Å². The predicted octanol–water partition coefficient (Wildman–Crippen LogP) is 2.72. The van der Waals surface area contributed by atoms with Crippen LogP contribution in [0.1, 0.15) is 31.2 Å². The summed E-state index contributed by atoms with van der Waals surface area (Å²) in [6, 6.07) is 8.06. The molecule has 1 amide bonds. The van der Waals surface area contributed by atoms with Gasteiger partial charge in [-0.15, -0.1) is 0 Å². The number of hydrogen-bond acceptors (Lipinski definition) is 1. The second kappa shape index (κ2) is 4.23. The third-order valence-corrected chi connectivity index (χ3v) is 3.23. The van der Waals surface area contributed by atoms with Crippen LogP contribution in [0.4, 0.5) is 0 Å². The lowest BCUT2D eigenvalue weighted by atomic mass is 9.91. The summed E-state index contributed by atoms with van der Waals surface area (Å²) in [6.45, 7) is 2.10. The van der Waals surface area contributed by atoms with Gasteiger partial charge in [-0.25, -0.2) is 0 Å². The van der Waals surface area contributed by atoms with Crippen LogP contribution in [0.15, 0.2) is 24.3 Å². The standard InChI is InChI=1S/C12H14ClNO/c1-2-11-10(7-12(15)14-11)8-3-5-9(13)6-4-8/h3-6,10-11H,2,7H2,1H3,(H,14,15). The van der Waals surface area contributed by atoms with Crippen molar-refractivity contribution in [2.45, 2.75) is 31.7 Å². The first kappa shape index (κ1) is 10.5. The molecule has 0 spiro atoms. The van der Waals surface area contributed by atoms with Crippen molar-refractivity contribution < 1.29 is 4.79 Å². The van der Waals surface area contributed by atoms with Crippen molar-refractivity contribution >= 4 is 17.5 Å². The molecule has 0 aromatic heterocycles. The Kier molecular flexibility index (Phi) is 2.96. The fraction of sp³-hybridized carbons (Fsp3) is 0.417. The van der Waals surface area contributed by atoms with E-state index in [9.17, 15) is 4.79 Å². The second-order valence-corrected chi connectivity index (χ2v) is 4.38. The molecule has 1 aliphatic rings. The zero-order valence-electron chi connectivity index (χ0n) is 8.66. The number of carbonyl (C=O) groups is 1. The average molecular weight is 224 g/mol. The molecule has 2 unspecified atom stereocenters. The number of benzene rings is 1. The Morgan fingerprint density at radius 2 is 2.07 bits per heavy atom. The molecular weight excluding hydrogens is 210 g/mol. The lowest BCUT2D eigenvalue weighted by Gasteiger charge is -2.17. The van der Waals surface area contributed by atoms with Gasteiger partial charge < -0.3 is 5.32 Å². The predicted molar refractivity (Wildman–Crippen MR) is 61.0 cm³/mol. The topological polar surface area (TPSA) is 29.1 Å². The SMILES string of the molecule is CCC1NC(=O)CC1c1ccc(Cl)cc1. The number of amides is 1. The quantitative estimate of drug-likeness (QED) is 0.821. The highest BCUT2D eigenvalue weighted by atomic mass is 35.5. The Morgan fingerprint density at radius 3 is 2.67 bits per heavy atom. The van der Waals surface area contributed by atoms with Crippen molar-refractivity contribution in [1.82, 2.24) is 5.32 Å². The largest absolute Gasteiger partial charge is 0.353 e. The molecule has 2 nitrogen and oxygen atoms in total. The van der Waals surface area contributed by atoms with Gasteiger partial charge in [-0.1, -0.05) is 30.7 Å². The smallest absolute Gasteiger partial charge is 0.220 e. The summed E-state index contributed by atoms with van der Waals surface area (Å²) in [4.78, 5) is 11.3. The molecule has 80 valence electrons. The molecule has 2 atom stereocenters. The molecule has 1 heterocycles. The number of halogens is 1. The van der Waals surface area contributed by atoms with Crippen LogP contribution < -0.4 is 5.32 Å². The fourth-order valence-electron chi connectivity index (χ4n) is 2.16. The Labute approximate surface area is 94.6 Å². The first-order chi connectivity index (χ1) is 7.20. The minimum absolute atomic E-state index is 0.154. The molecule has 1 aliphatic heterocycles. The van der Waals surface area contributed by atoms with Crippen LogP contribution in [0.5, 0.6) is 0 Å². The summed E-state index contributed by atoms with van der Waals surface area (Å²) in [5.74, 6) is 0.460. The third kappa shape index (κ3) is 2.15. The summed E-state index contributed by atoms with van der Waals surface area (Å²) in [7, 11) is 0. The molecule has 1 fully saturated rings. The van der Waals surface area contributed by atoms with Gasteiger partial charge >= 0.3 is 0 Å². The summed E-state index contributed by atoms with van der Waals surface area (Å²) in [6.07, 6.45) is 1.57. The lowest BCUT2D eigenvalue weighted by Crippen LogP contribution is -2.27. The summed E-state index contributed by atoms with van der Waals surface area (Å²) >= 11 is 5.83. The van der Waals surface area contributed by atoms with Gasteiger partial charge in [0, 0.05) is 23.4 Å². The maximum Gasteiger partial charge on any atom is 0.220 e. The number of rotatable bonds is 2. The lowest BCUT2D eigenvalue weighted by molar-refractivity contribution is -0.119.